The van der Waals surface area contributed by atoms with E-state index in [4.69, 9.17) is 9.36 Å². The lowest BCUT2D eigenvalue weighted by Crippen LogP contribution is -2.03. The number of benzene rings is 2. The highest BCUT2D eigenvalue weighted by molar-refractivity contribution is 5.97. The van der Waals surface area contributed by atoms with Crippen molar-refractivity contribution in [2.45, 2.75) is 6.92 Å². The van der Waals surface area contributed by atoms with Gasteiger partial charge in [-0.05, 0) is 19.1 Å². The Labute approximate surface area is 133 Å². The molecular formula is C18H14N2O3. The van der Waals surface area contributed by atoms with Gasteiger partial charge in [0.15, 0.2) is 5.76 Å². The monoisotopic (exact) mass is 306 g/mol. The predicted octanol–water partition coefficient (Wildman–Crippen LogP) is 3.92. The lowest BCUT2D eigenvalue weighted by Gasteiger charge is -1.98. The molecule has 0 saturated carbocycles. The molecule has 0 aliphatic carbocycles. The zero-order valence-corrected chi connectivity index (χ0v) is 12.5. The van der Waals surface area contributed by atoms with Crippen LogP contribution in [0.15, 0.2) is 76.4 Å². The van der Waals surface area contributed by atoms with Gasteiger partial charge < -0.3 is 9.36 Å². The number of nitrogens with zero attached hydrogens (tertiary/aromatic N) is 2. The molecule has 0 bridgehead atoms. The van der Waals surface area contributed by atoms with Crippen LogP contribution in [0.25, 0.3) is 11.3 Å². The van der Waals surface area contributed by atoms with Crippen LogP contribution in [-0.4, -0.2) is 16.8 Å². The maximum absolute atomic E-state index is 11.8. The molecule has 0 radical (unpaired) electrons. The van der Waals surface area contributed by atoms with Gasteiger partial charge in [0.2, 0.25) is 0 Å². The average Bonchev–Trinajstić information content (AvgIpc) is 3.11. The van der Waals surface area contributed by atoms with Gasteiger partial charge in [-0.1, -0.05) is 58.8 Å². The maximum atomic E-state index is 11.8. The van der Waals surface area contributed by atoms with E-state index in [1.54, 1.807) is 37.3 Å². The van der Waals surface area contributed by atoms with E-state index in [1.807, 2.05) is 36.4 Å². The number of aromatic nitrogens is 1. The van der Waals surface area contributed by atoms with Crippen molar-refractivity contribution in [3.05, 3.63) is 78.1 Å². The molecule has 0 spiro atoms. The molecule has 0 amide bonds. The van der Waals surface area contributed by atoms with Crippen LogP contribution in [0, 0.1) is 0 Å². The van der Waals surface area contributed by atoms with E-state index >= 15 is 0 Å². The van der Waals surface area contributed by atoms with Gasteiger partial charge in [-0.2, -0.15) is 0 Å². The molecule has 23 heavy (non-hydrogen) atoms. The number of rotatable bonds is 4. The second-order valence-corrected chi connectivity index (χ2v) is 4.86. The van der Waals surface area contributed by atoms with E-state index in [9.17, 15) is 4.79 Å². The van der Waals surface area contributed by atoms with Crippen molar-refractivity contribution in [1.82, 2.24) is 5.16 Å². The van der Waals surface area contributed by atoms with Gasteiger partial charge in [0.25, 0.3) is 0 Å². The van der Waals surface area contributed by atoms with E-state index in [0.29, 0.717) is 22.7 Å². The first-order chi connectivity index (χ1) is 11.2. The largest absolute Gasteiger partial charge is 0.365 e. The summed E-state index contributed by atoms with van der Waals surface area (Å²) in [7, 11) is 0. The molecule has 3 rings (SSSR count). The normalized spacial score (nSPS) is 11.3. The first-order valence-electron chi connectivity index (χ1n) is 7.07. The third-order valence-electron chi connectivity index (χ3n) is 3.21. The van der Waals surface area contributed by atoms with Crippen molar-refractivity contribution < 1.29 is 14.2 Å². The topological polar surface area (TPSA) is 64.7 Å². The summed E-state index contributed by atoms with van der Waals surface area (Å²) in [5.41, 5.74) is 2.51. The van der Waals surface area contributed by atoms with Crippen molar-refractivity contribution in [2.24, 2.45) is 5.16 Å². The Morgan fingerprint density at radius 1 is 1.04 bits per heavy atom. The second-order valence-electron chi connectivity index (χ2n) is 4.86. The molecule has 0 unspecified atom stereocenters. The van der Waals surface area contributed by atoms with Crippen LogP contribution in [0.4, 0.5) is 0 Å². The Balaban J connectivity index is 1.72. The molecule has 0 N–H and O–H groups in total. The summed E-state index contributed by atoms with van der Waals surface area (Å²) in [5.74, 6) is -0.0718. The third kappa shape index (κ3) is 3.52. The van der Waals surface area contributed by atoms with E-state index < -0.39 is 5.97 Å². The van der Waals surface area contributed by atoms with E-state index in [-0.39, 0.29) is 0 Å². The lowest BCUT2D eigenvalue weighted by molar-refractivity contribution is 0.0516. The van der Waals surface area contributed by atoms with Crippen LogP contribution >= 0.6 is 0 Å². The van der Waals surface area contributed by atoms with Crippen LogP contribution in [0.2, 0.25) is 0 Å². The number of oxime groups is 1. The van der Waals surface area contributed by atoms with Gasteiger partial charge in [0.1, 0.15) is 11.4 Å². The van der Waals surface area contributed by atoms with Gasteiger partial charge in [-0.25, -0.2) is 4.79 Å². The Morgan fingerprint density at radius 2 is 1.70 bits per heavy atom. The minimum absolute atomic E-state index is 0.434. The fraction of sp³-hybridized carbons (Fsp3) is 0.0556. The fourth-order valence-electron chi connectivity index (χ4n) is 1.97. The van der Waals surface area contributed by atoms with Crippen molar-refractivity contribution >= 4 is 11.7 Å². The van der Waals surface area contributed by atoms with Crippen LogP contribution in [0.3, 0.4) is 0 Å². The standard InChI is InChI=1S/C18H14N2O3/c1-13(19-23-18(21)15-10-6-3-7-11-15)17-12-16(20-22-17)14-8-4-2-5-9-14/h2-12H,1H3/b19-13+. The van der Waals surface area contributed by atoms with Crippen molar-refractivity contribution in [3.8, 4) is 11.3 Å². The molecular weight excluding hydrogens is 292 g/mol. The smallest absolute Gasteiger partial charge is 0.354 e. The van der Waals surface area contributed by atoms with Gasteiger partial charge in [0.05, 0.1) is 5.56 Å². The van der Waals surface area contributed by atoms with E-state index in [2.05, 4.69) is 10.3 Å². The minimum atomic E-state index is -0.521. The predicted molar refractivity (Wildman–Crippen MR) is 86.0 cm³/mol. The van der Waals surface area contributed by atoms with Crippen molar-refractivity contribution in [3.63, 3.8) is 0 Å². The highest BCUT2D eigenvalue weighted by Crippen LogP contribution is 2.19. The maximum Gasteiger partial charge on any atom is 0.365 e. The third-order valence-corrected chi connectivity index (χ3v) is 3.21. The Hall–Kier alpha value is -3.21. The molecule has 1 heterocycles. The lowest BCUT2D eigenvalue weighted by atomic mass is 10.1. The van der Waals surface area contributed by atoms with Crippen LogP contribution < -0.4 is 0 Å². The first kappa shape index (κ1) is 14.7. The Bertz CT molecular complexity index is 824. The molecule has 1 aromatic heterocycles. The number of carbonyl (C=O) groups excluding carboxylic acids is 1. The Morgan fingerprint density at radius 3 is 2.39 bits per heavy atom. The van der Waals surface area contributed by atoms with Crippen LogP contribution in [0.5, 0.6) is 0 Å². The average molecular weight is 306 g/mol. The fourth-order valence-corrected chi connectivity index (χ4v) is 1.97. The zero-order chi connectivity index (χ0) is 16.1. The Kier molecular flexibility index (Phi) is 4.29. The molecule has 3 aromatic rings. The summed E-state index contributed by atoms with van der Waals surface area (Å²) in [6, 6.07) is 20.1. The van der Waals surface area contributed by atoms with Crippen molar-refractivity contribution in [2.75, 3.05) is 0 Å². The summed E-state index contributed by atoms with van der Waals surface area (Å²) in [4.78, 5) is 16.8. The molecule has 5 nitrogen and oxygen atoms in total. The molecule has 2 aromatic carbocycles. The summed E-state index contributed by atoms with van der Waals surface area (Å²) in [6.45, 7) is 1.69. The van der Waals surface area contributed by atoms with E-state index in [0.717, 1.165) is 5.56 Å². The van der Waals surface area contributed by atoms with Crippen molar-refractivity contribution in [1.29, 1.82) is 0 Å². The molecule has 0 aliphatic heterocycles. The molecule has 0 atom stereocenters. The minimum Gasteiger partial charge on any atom is -0.354 e. The zero-order valence-electron chi connectivity index (χ0n) is 12.5. The van der Waals surface area contributed by atoms with Gasteiger partial charge in [0, 0.05) is 11.6 Å². The first-order valence-corrected chi connectivity index (χ1v) is 7.07. The second kappa shape index (κ2) is 6.70. The highest BCUT2D eigenvalue weighted by atomic mass is 16.7. The van der Waals surface area contributed by atoms with E-state index in [1.165, 1.54) is 0 Å². The highest BCUT2D eigenvalue weighted by Gasteiger charge is 2.11. The van der Waals surface area contributed by atoms with Gasteiger partial charge >= 0.3 is 5.97 Å². The summed E-state index contributed by atoms with van der Waals surface area (Å²) >= 11 is 0. The molecule has 114 valence electrons. The number of hydrogen-bond donors (Lipinski definition) is 0. The molecule has 0 aliphatic rings. The summed E-state index contributed by atoms with van der Waals surface area (Å²) in [6.07, 6.45) is 0. The molecule has 5 heteroatoms. The van der Waals surface area contributed by atoms with Crippen LogP contribution in [0.1, 0.15) is 23.0 Å². The summed E-state index contributed by atoms with van der Waals surface area (Å²) in [5, 5.41) is 7.81. The summed E-state index contributed by atoms with van der Waals surface area (Å²) < 4.78 is 5.25. The number of carbonyl (C=O) groups is 1. The molecule has 0 saturated heterocycles. The van der Waals surface area contributed by atoms with Gasteiger partial charge in [-0.3, -0.25) is 0 Å². The molecule has 0 fully saturated rings. The SMILES string of the molecule is C/C(=N\OC(=O)c1ccccc1)c1cc(-c2ccccc2)no1. The van der Waals surface area contributed by atoms with Gasteiger partial charge in [-0.15, -0.1) is 0 Å². The quantitative estimate of drug-likeness (QED) is 0.416. The number of hydrogen-bond acceptors (Lipinski definition) is 5. The van der Waals surface area contributed by atoms with Crippen LogP contribution in [-0.2, 0) is 4.84 Å².